The lowest BCUT2D eigenvalue weighted by atomic mass is 10.0. The molecule has 0 radical (unpaired) electrons. The van der Waals surface area contributed by atoms with Crippen molar-refractivity contribution in [3.63, 3.8) is 0 Å². The fourth-order valence-corrected chi connectivity index (χ4v) is 3.52. The molecule has 1 aliphatic carbocycles. The summed E-state index contributed by atoms with van der Waals surface area (Å²) in [4.78, 5) is 20.5. The van der Waals surface area contributed by atoms with E-state index in [1.54, 1.807) is 23.9 Å². The summed E-state index contributed by atoms with van der Waals surface area (Å²) in [6.45, 7) is 0. The van der Waals surface area contributed by atoms with E-state index in [2.05, 4.69) is 9.97 Å². The number of rotatable bonds is 4. The summed E-state index contributed by atoms with van der Waals surface area (Å²) in [5, 5.41) is 9.05. The molecule has 1 heterocycles. The van der Waals surface area contributed by atoms with Crippen LogP contribution in [0, 0.1) is 5.92 Å². The second kappa shape index (κ2) is 6.45. The van der Waals surface area contributed by atoms with Crippen LogP contribution in [0.2, 0.25) is 0 Å². The van der Waals surface area contributed by atoms with Crippen LogP contribution < -0.4 is 5.48 Å². The Morgan fingerprint density at radius 1 is 0.840 bits per heavy atom. The van der Waals surface area contributed by atoms with Crippen LogP contribution in [-0.2, 0) is 4.79 Å². The monoisotopic (exact) mass is 331 g/mol. The van der Waals surface area contributed by atoms with Crippen LogP contribution in [0.1, 0.15) is 23.0 Å². The number of aromatic nitrogens is 2. The van der Waals surface area contributed by atoms with E-state index in [-0.39, 0.29) is 23.7 Å². The number of nitrogens with zero attached hydrogens (tertiary/aromatic N) is 2. The van der Waals surface area contributed by atoms with Gasteiger partial charge in [0.05, 0.1) is 5.92 Å². The van der Waals surface area contributed by atoms with Gasteiger partial charge in [-0.05, 0) is 17.2 Å². The molecule has 3 atom stereocenters. The summed E-state index contributed by atoms with van der Waals surface area (Å²) in [6, 6.07) is 19.7. The minimum absolute atomic E-state index is 0.0558. The van der Waals surface area contributed by atoms with Crippen molar-refractivity contribution in [3.8, 4) is 11.4 Å². The summed E-state index contributed by atoms with van der Waals surface area (Å²) in [6.07, 6.45) is 3.42. The summed E-state index contributed by atoms with van der Waals surface area (Å²) in [5.41, 5.74) is 4.92. The standard InChI is InChI=1S/C20H17N3O2/c24-20(23-25)18-16(13-5-2-1-3-6-13)17(18)14-7-9-15(10-8-14)19-21-11-4-12-22-19/h1-12,16-18,25H,(H,23,24). The first-order valence-electron chi connectivity index (χ1n) is 8.16. The molecule has 2 N–H and O–H groups in total. The van der Waals surface area contributed by atoms with Crippen molar-refractivity contribution in [1.29, 1.82) is 0 Å². The first-order valence-corrected chi connectivity index (χ1v) is 8.16. The Morgan fingerprint density at radius 2 is 1.44 bits per heavy atom. The molecule has 4 rings (SSSR count). The third kappa shape index (κ3) is 2.90. The molecule has 0 saturated heterocycles. The summed E-state index contributed by atoms with van der Waals surface area (Å²) >= 11 is 0. The molecular weight excluding hydrogens is 314 g/mol. The van der Waals surface area contributed by atoms with Gasteiger partial charge in [0.25, 0.3) is 0 Å². The topological polar surface area (TPSA) is 75.1 Å². The second-order valence-electron chi connectivity index (χ2n) is 6.16. The molecule has 1 amide bonds. The maximum absolute atomic E-state index is 12.0. The van der Waals surface area contributed by atoms with Crippen LogP contribution in [0.5, 0.6) is 0 Å². The van der Waals surface area contributed by atoms with Crippen LogP contribution in [0.3, 0.4) is 0 Å². The second-order valence-corrected chi connectivity index (χ2v) is 6.16. The van der Waals surface area contributed by atoms with E-state index >= 15 is 0 Å². The van der Waals surface area contributed by atoms with Crippen molar-refractivity contribution in [1.82, 2.24) is 15.4 Å². The van der Waals surface area contributed by atoms with Gasteiger partial charge < -0.3 is 0 Å². The fourth-order valence-electron chi connectivity index (χ4n) is 3.52. The van der Waals surface area contributed by atoms with E-state index in [4.69, 9.17) is 5.21 Å². The first kappa shape index (κ1) is 15.5. The van der Waals surface area contributed by atoms with Crippen molar-refractivity contribution >= 4 is 5.91 Å². The van der Waals surface area contributed by atoms with Gasteiger partial charge in [0.2, 0.25) is 5.91 Å². The molecule has 0 spiro atoms. The molecule has 5 heteroatoms. The minimum atomic E-state index is -0.339. The van der Waals surface area contributed by atoms with E-state index in [9.17, 15) is 4.79 Å². The van der Waals surface area contributed by atoms with E-state index in [1.807, 2.05) is 54.6 Å². The zero-order valence-electron chi connectivity index (χ0n) is 13.4. The molecule has 1 fully saturated rings. The number of carbonyl (C=O) groups excluding carboxylic acids is 1. The maximum atomic E-state index is 12.0. The zero-order chi connectivity index (χ0) is 17.2. The van der Waals surface area contributed by atoms with Gasteiger partial charge in [-0.2, -0.15) is 0 Å². The van der Waals surface area contributed by atoms with Crippen molar-refractivity contribution in [2.45, 2.75) is 11.8 Å². The number of carbonyl (C=O) groups is 1. The molecule has 5 nitrogen and oxygen atoms in total. The summed E-state index contributed by atoms with van der Waals surface area (Å²) in [5.74, 6) is 0.210. The molecule has 1 saturated carbocycles. The highest BCUT2D eigenvalue weighted by Gasteiger charge is 2.56. The Labute approximate surface area is 145 Å². The smallest absolute Gasteiger partial charge is 0.247 e. The molecular formula is C20H17N3O2. The normalized spacial score (nSPS) is 21.6. The van der Waals surface area contributed by atoms with Crippen LogP contribution in [0.4, 0.5) is 0 Å². The number of hydrogen-bond acceptors (Lipinski definition) is 4. The molecule has 25 heavy (non-hydrogen) atoms. The van der Waals surface area contributed by atoms with Crippen LogP contribution in [0.25, 0.3) is 11.4 Å². The van der Waals surface area contributed by atoms with E-state index in [1.165, 1.54) is 0 Å². The van der Waals surface area contributed by atoms with Gasteiger partial charge in [0.1, 0.15) is 0 Å². The number of benzene rings is 2. The lowest BCUT2D eigenvalue weighted by Gasteiger charge is -2.03. The van der Waals surface area contributed by atoms with Crippen molar-refractivity contribution < 1.29 is 10.0 Å². The lowest BCUT2D eigenvalue weighted by Crippen LogP contribution is -2.21. The Bertz CT molecular complexity index is 866. The van der Waals surface area contributed by atoms with E-state index in [0.29, 0.717) is 5.82 Å². The van der Waals surface area contributed by atoms with Crippen LogP contribution in [0.15, 0.2) is 73.1 Å². The minimum Gasteiger partial charge on any atom is -0.289 e. The lowest BCUT2D eigenvalue weighted by molar-refractivity contribution is -0.130. The quantitative estimate of drug-likeness (QED) is 0.569. The number of hydroxylamine groups is 1. The van der Waals surface area contributed by atoms with E-state index < -0.39 is 0 Å². The predicted molar refractivity (Wildman–Crippen MR) is 92.8 cm³/mol. The van der Waals surface area contributed by atoms with Gasteiger partial charge in [-0.15, -0.1) is 0 Å². The molecule has 2 aromatic carbocycles. The molecule has 0 bridgehead atoms. The average Bonchev–Trinajstić information content (AvgIpc) is 3.44. The van der Waals surface area contributed by atoms with Crippen molar-refractivity contribution in [2.24, 2.45) is 5.92 Å². The predicted octanol–water partition coefficient (Wildman–Crippen LogP) is 3.15. The highest BCUT2D eigenvalue weighted by atomic mass is 16.5. The highest BCUT2D eigenvalue weighted by molar-refractivity contribution is 5.84. The van der Waals surface area contributed by atoms with Gasteiger partial charge in [-0.3, -0.25) is 10.0 Å². The van der Waals surface area contributed by atoms with Gasteiger partial charge >= 0.3 is 0 Å². The molecule has 3 aromatic rings. The van der Waals surface area contributed by atoms with Gasteiger partial charge in [0, 0.05) is 29.8 Å². The Kier molecular flexibility index (Phi) is 3.99. The third-order valence-electron chi connectivity index (χ3n) is 4.74. The fraction of sp³-hybridized carbons (Fsp3) is 0.150. The van der Waals surface area contributed by atoms with Gasteiger partial charge in [-0.1, -0.05) is 54.6 Å². The largest absolute Gasteiger partial charge is 0.289 e. The molecule has 1 aliphatic rings. The van der Waals surface area contributed by atoms with Crippen molar-refractivity contribution in [2.75, 3.05) is 0 Å². The molecule has 124 valence electrons. The average molecular weight is 331 g/mol. The Hall–Kier alpha value is -3.05. The number of nitrogens with one attached hydrogen (secondary N) is 1. The Balaban J connectivity index is 1.63. The first-order chi connectivity index (χ1) is 12.3. The van der Waals surface area contributed by atoms with E-state index in [0.717, 1.165) is 16.7 Å². The summed E-state index contributed by atoms with van der Waals surface area (Å²) in [7, 11) is 0. The SMILES string of the molecule is O=C(NO)C1C(c2ccccc2)C1c1ccc(-c2ncccn2)cc1. The molecule has 0 aliphatic heterocycles. The zero-order valence-corrected chi connectivity index (χ0v) is 13.4. The maximum Gasteiger partial charge on any atom is 0.247 e. The number of amides is 1. The Morgan fingerprint density at radius 3 is 2.04 bits per heavy atom. The van der Waals surface area contributed by atoms with Crippen LogP contribution in [-0.4, -0.2) is 21.1 Å². The highest BCUT2D eigenvalue weighted by Crippen LogP contribution is 2.60. The van der Waals surface area contributed by atoms with Crippen molar-refractivity contribution in [3.05, 3.63) is 84.2 Å². The van der Waals surface area contributed by atoms with Gasteiger partial charge in [-0.25, -0.2) is 15.4 Å². The van der Waals surface area contributed by atoms with Crippen LogP contribution >= 0.6 is 0 Å². The summed E-state index contributed by atoms with van der Waals surface area (Å²) < 4.78 is 0. The molecule has 1 aromatic heterocycles. The number of hydrogen-bond donors (Lipinski definition) is 2. The van der Waals surface area contributed by atoms with Gasteiger partial charge in [0.15, 0.2) is 5.82 Å². The third-order valence-corrected chi connectivity index (χ3v) is 4.74. The molecule has 3 unspecified atom stereocenters.